The number of aryl methyl sites for hydroxylation is 1. The molecule has 0 spiro atoms. The van der Waals surface area contributed by atoms with E-state index in [1.54, 1.807) is 0 Å². The Hall–Kier alpha value is -1.86. The lowest BCUT2D eigenvalue weighted by molar-refractivity contribution is 0.397. The Morgan fingerprint density at radius 1 is 1.00 bits per heavy atom. The summed E-state index contributed by atoms with van der Waals surface area (Å²) in [6.45, 7) is 5.14. The minimum atomic E-state index is 0.513. The Morgan fingerprint density at radius 3 is 2.26 bits per heavy atom. The molecule has 96 valence electrons. The average molecular weight is 250 g/mol. The van der Waals surface area contributed by atoms with Crippen molar-refractivity contribution in [3.05, 3.63) is 77.9 Å². The molecule has 0 aromatic heterocycles. The number of rotatable bonds is 5. The Balaban J connectivity index is 1.69. The summed E-state index contributed by atoms with van der Waals surface area (Å²) >= 11 is 0. The maximum Gasteiger partial charge on any atom is 0.0813 e. The van der Waals surface area contributed by atoms with Crippen molar-refractivity contribution >= 4 is 5.57 Å². The van der Waals surface area contributed by atoms with Crippen LogP contribution < -0.4 is 0 Å². The molecule has 2 aromatic rings. The summed E-state index contributed by atoms with van der Waals surface area (Å²) in [4.78, 5) is 0. The van der Waals surface area contributed by atoms with Gasteiger partial charge in [0.2, 0.25) is 0 Å². The maximum atomic E-state index is 5.24. The van der Waals surface area contributed by atoms with E-state index in [2.05, 4.69) is 43.0 Å². The predicted molar refractivity (Wildman–Crippen MR) is 79.1 cm³/mol. The highest BCUT2D eigenvalue weighted by Crippen LogP contribution is 2.22. The van der Waals surface area contributed by atoms with E-state index in [0.29, 0.717) is 6.10 Å². The van der Waals surface area contributed by atoms with Crippen molar-refractivity contribution in [2.45, 2.75) is 18.9 Å². The van der Waals surface area contributed by atoms with Gasteiger partial charge in [0.05, 0.1) is 12.7 Å². The molecule has 1 heterocycles. The van der Waals surface area contributed by atoms with Gasteiger partial charge in [0.15, 0.2) is 0 Å². The van der Waals surface area contributed by atoms with Gasteiger partial charge in [-0.25, -0.2) is 0 Å². The molecule has 3 rings (SSSR count). The first kappa shape index (κ1) is 12.2. The van der Waals surface area contributed by atoms with Crippen molar-refractivity contribution < 1.29 is 4.74 Å². The molecule has 1 aliphatic heterocycles. The summed E-state index contributed by atoms with van der Waals surface area (Å²) in [5, 5.41) is 0. The summed E-state index contributed by atoms with van der Waals surface area (Å²) in [6.07, 6.45) is 2.75. The molecule has 1 saturated heterocycles. The largest absolute Gasteiger partial charge is 0.373 e. The summed E-state index contributed by atoms with van der Waals surface area (Å²) in [7, 11) is 0. The van der Waals surface area contributed by atoms with Gasteiger partial charge in [-0.3, -0.25) is 0 Å². The molecular weight excluding hydrogens is 232 g/mol. The van der Waals surface area contributed by atoms with Gasteiger partial charge >= 0.3 is 0 Å². The smallest absolute Gasteiger partial charge is 0.0813 e. The van der Waals surface area contributed by atoms with E-state index in [1.807, 2.05) is 18.2 Å². The average Bonchev–Trinajstić information content (AvgIpc) is 3.30. The second-order valence-electron chi connectivity index (χ2n) is 5.04. The van der Waals surface area contributed by atoms with Crippen molar-refractivity contribution in [2.75, 3.05) is 6.61 Å². The third-order valence-corrected chi connectivity index (χ3v) is 3.58. The highest BCUT2D eigenvalue weighted by Gasteiger charge is 2.21. The van der Waals surface area contributed by atoms with Crippen LogP contribution in [0.5, 0.6) is 0 Å². The van der Waals surface area contributed by atoms with Crippen molar-refractivity contribution in [3.8, 4) is 0 Å². The van der Waals surface area contributed by atoms with Gasteiger partial charge < -0.3 is 4.74 Å². The zero-order valence-corrected chi connectivity index (χ0v) is 11.0. The highest BCUT2D eigenvalue weighted by atomic mass is 16.6. The molecule has 1 atom stereocenters. The van der Waals surface area contributed by atoms with Crippen LogP contribution in [0.2, 0.25) is 0 Å². The van der Waals surface area contributed by atoms with Gasteiger partial charge in [-0.15, -0.1) is 0 Å². The molecule has 1 heteroatoms. The molecular formula is C18H18O. The monoisotopic (exact) mass is 250 g/mol. The topological polar surface area (TPSA) is 12.5 Å². The van der Waals surface area contributed by atoms with Crippen molar-refractivity contribution in [1.29, 1.82) is 0 Å². The normalized spacial score (nSPS) is 17.2. The molecule has 0 saturated carbocycles. The first-order valence-electron chi connectivity index (χ1n) is 6.78. The lowest BCUT2D eigenvalue weighted by Gasteiger charge is -2.07. The van der Waals surface area contributed by atoms with Crippen LogP contribution >= 0.6 is 0 Å². The number of benzene rings is 2. The first-order chi connectivity index (χ1) is 9.33. The fourth-order valence-electron chi connectivity index (χ4n) is 2.24. The Kier molecular flexibility index (Phi) is 3.47. The molecule has 1 aliphatic rings. The molecule has 1 unspecified atom stereocenters. The lowest BCUT2D eigenvalue weighted by Crippen LogP contribution is -1.92. The maximum absolute atomic E-state index is 5.24. The summed E-state index contributed by atoms with van der Waals surface area (Å²) < 4.78 is 5.24. The van der Waals surface area contributed by atoms with Gasteiger partial charge in [-0.2, -0.15) is 0 Å². The Morgan fingerprint density at radius 2 is 1.63 bits per heavy atom. The summed E-state index contributed by atoms with van der Waals surface area (Å²) in [6, 6.07) is 19.0. The Labute approximate surface area is 114 Å². The molecule has 0 bridgehead atoms. The Bertz CT molecular complexity index is 550. The van der Waals surface area contributed by atoms with E-state index >= 15 is 0 Å². The molecule has 0 aliphatic carbocycles. The number of hydrogen-bond acceptors (Lipinski definition) is 1. The molecule has 19 heavy (non-hydrogen) atoms. The number of ether oxygens (including phenoxy) is 1. The van der Waals surface area contributed by atoms with Crippen LogP contribution in [0, 0.1) is 0 Å². The van der Waals surface area contributed by atoms with Gasteiger partial charge in [0.1, 0.15) is 0 Å². The summed E-state index contributed by atoms with van der Waals surface area (Å²) in [5.41, 5.74) is 4.83. The van der Waals surface area contributed by atoms with Crippen LogP contribution in [0.1, 0.15) is 23.1 Å². The van der Waals surface area contributed by atoms with Crippen molar-refractivity contribution in [3.63, 3.8) is 0 Å². The van der Waals surface area contributed by atoms with Gasteiger partial charge in [0.25, 0.3) is 0 Å². The molecule has 0 amide bonds. The van der Waals surface area contributed by atoms with Crippen LogP contribution in [0.3, 0.4) is 0 Å². The van der Waals surface area contributed by atoms with Gasteiger partial charge in [-0.05, 0) is 35.1 Å². The fraction of sp³-hybridized carbons (Fsp3) is 0.222. The molecule has 1 fully saturated rings. The van der Waals surface area contributed by atoms with Crippen LogP contribution in [0.25, 0.3) is 5.57 Å². The predicted octanol–water partition coefficient (Wildman–Crippen LogP) is 4.08. The van der Waals surface area contributed by atoms with Crippen LogP contribution in [0.4, 0.5) is 0 Å². The molecule has 1 nitrogen and oxygen atoms in total. The first-order valence-corrected chi connectivity index (χ1v) is 6.78. The third kappa shape index (κ3) is 3.12. The van der Waals surface area contributed by atoms with Crippen LogP contribution in [-0.2, 0) is 11.2 Å². The van der Waals surface area contributed by atoms with E-state index in [-0.39, 0.29) is 0 Å². The van der Waals surface area contributed by atoms with E-state index in [0.717, 1.165) is 25.0 Å². The SMILES string of the molecule is C=C(c1ccccc1)c1ccc(CCC2CO2)cc1. The fourth-order valence-corrected chi connectivity index (χ4v) is 2.24. The second-order valence-corrected chi connectivity index (χ2v) is 5.04. The van der Waals surface area contributed by atoms with E-state index in [1.165, 1.54) is 16.7 Å². The number of epoxide rings is 1. The third-order valence-electron chi connectivity index (χ3n) is 3.58. The van der Waals surface area contributed by atoms with E-state index in [9.17, 15) is 0 Å². The quantitative estimate of drug-likeness (QED) is 0.728. The van der Waals surface area contributed by atoms with Gasteiger partial charge in [-0.1, -0.05) is 61.2 Å². The number of hydrogen-bond donors (Lipinski definition) is 0. The van der Waals surface area contributed by atoms with Crippen LogP contribution in [-0.4, -0.2) is 12.7 Å². The molecule has 0 N–H and O–H groups in total. The minimum absolute atomic E-state index is 0.513. The van der Waals surface area contributed by atoms with Crippen LogP contribution in [0.15, 0.2) is 61.2 Å². The van der Waals surface area contributed by atoms with Crippen molar-refractivity contribution in [2.24, 2.45) is 0 Å². The lowest BCUT2D eigenvalue weighted by atomic mass is 9.98. The zero-order chi connectivity index (χ0) is 13.1. The summed E-state index contributed by atoms with van der Waals surface area (Å²) in [5.74, 6) is 0. The van der Waals surface area contributed by atoms with Gasteiger partial charge in [0, 0.05) is 0 Å². The second kappa shape index (κ2) is 5.41. The standard InChI is InChI=1S/C18H18O/c1-14(16-5-3-2-4-6-16)17-10-7-15(8-11-17)9-12-18-13-19-18/h2-8,10-11,18H,1,9,12-13H2. The molecule has 2 aromatic carbocycles. The zero-order valence-electron chi connectivity index (χ0n) is 11.0. The highest BCUT2D eigenvalue weighted by molar-refractivity contribution is 5.77. The van der Waals surface area contributed by atoms with E-state index < -0.39 is 0 Å². The molecule has 0 radical (unpaired) electrons. The minimum Gasteiger partial charge on any atom is -0.373 e. The van der Waals surface area contributed by atoms with Crippen molar-refractivity contribution in [1.82, 2.24) is 0 Å². The van der Waals surface area contributed by atoms with E-state index in [4.69, 9.17) is 4.74 Å².